The van der Waals surface area contributed by atoms with Gasteiger partial charge in [0.25, 0.3) is 0 Å². The Kier molecular flexibility index (Phi) is 5.41. The van der Waals surface area contributed by atoms with Gasteiger partial charge in [0.1, 0.15) is 0 Å². The Morgan fingerprint density at radius 2 is 1.45 bits per heavy atom. The number of rotatable bonds is 6. The number of hydrogen-bond acceptors (Lipinski definition) is 1. The third-order valence-electron chi connectivity index (χ3n) is 6.14. The standard InChI is InChI=1S/C30H27N/c1-2-3-15-27-21-26(18-19-31(27)22-23-11-5-4-6-12-23)30-28-16-9-7-13-24(28)20-25-14-8-10-17-29(25)30/h2,4-14,16-18,20-21H,1,3,15,19,22H2. The van der Waals surface area contributed by atoms with Crippen LogP contribution in [0.5, 0.6) is 0 Å². The topological polar surface area (TPSA) is 3.24 Å². The van der Waals surface area contributed by atoms with Crippen molar-refractivity contribution in [2.24, 2.45) is 0 Å². The van der Waals surface area contributed by atoms with Crippen molar-refractivity contribution < 1.29 is 0 Å². The summed E-state index contributed by atoms with van der Waals surface area (Å²) in [7, 11) is 0. The molecule has 1 aliphatic heterocycles. The van der Waals surface area contributed by atoms with Crippen LogP contribution < -0.4 is 0 Å². The maximum absolute atomic E-state index is 3.95. The highest BCUT2D eigenvalue weighted by atomic mass is 15.1. The molecule has 0 bridgehead atoms. The summed E-state index contributed by atoms with van der Waals surface area (Å²) in [6.07, 6.45) is 8.82. The van der Waals surface area contributed by atoms with E-state index in [1.54, 1.807) is 0 Å². The molecule has 0 unspecified atom stereocenters. The van der Waals surface area contributed by atoms with Gasteiger partial charge in [0, 0.05) is 18.8 Å². The minimum atomic E-state index is 0.921. The minimum absolute atomic E-state index is 0.921. The Hall–Kier alpha value is -3.58. The second-order valence-electron chi connectivity index (χ2n) is 8.18. The van der Waals surface area contributed by atoms with E-state index in [0.717, 1.165) is 25.9 Å². The highest BCUT2D eigenvalue weighted by Crippen LogP contribution is 2.36. The average Bonchev–Trinajstić information content (AvgIpc) is 2.82. The van der Waals surface area contributed by atoms with E-state index in [0.29, 0.717) is 0 Å². The van der Waals surface area contributed by atoms with Crippen LogP contribution in [0.3, 0.4) is 0 Å². The largest absolute Gasteiger partial charge is 0.367 e. The van der Waals surface area contributed by atoms with E-state index in [1.807, 2.05) is 6.08 Å². The molecule has 0 fully saturated rings. The number of nitrogens with zero attached hydrogens (tertiary/aromatic N) is 1. The summed E-state index contributed by atoms with van der Waals surface area (Å²) in [6.45, 7) is 5.81. The fraction of sp³-hybridized carbons (Fsp3) is 0.133. The minimum Gasteiger partial charge on any atom is -0.367 e. The molecule has 0 radical (unpaired) electrons. The fourth-order valence-electron chi connectivity index (χ4n) is 4.60. The Morgan fingerprint density at radius 3 is 2.13 bits per heavy atom. The van der Waals surface area contributed by atoms with Crippen LogP contribution in [0.15, 0.2) is 115 Å². The number of allylic oxidation sites excluding steroid dienone is 4. The third-order valence-corrected chi connectivity index (χ3v) is 6.14. The van der Waals surface area contributed by atoms with Gasteiger partial charge in [-0.25, -0.2) is 0 Å². The molecule has 1 aliphatic rings. The zero-order valence-electron chi connectivity index (χ0n) is 17.8. The molecular weight excluding hydrogens is 374 g/mol. The zero-order chi connectivity index (χ0) is 21.0. The SMILES string of the molecule is C=CCCC1=CC(c2c3ccccc3cc3ccccc23)=CCN1Cc1ccccc1. The van der Waals surface area contributed by atoms with E-state index >= 15 is 0 Å². The maximum atomic E-state index is 3.95. The van der Waals surface area contributed by atoms with E-state index in [2.05, 4.69) is 109 Å². The van der Waals surface area contributed by atoms with Crippen LogP contribution in [0.1, 0.15) is 24.0 Å². The summed E-state index contributed by atoms with van der Waals surface area (Å²) in [6, 6.07) is 30.6. The summed E-state index contributed by atoms with van der Waals surface area (Å²) >= 11 is 0. The van der Waals surface area contributed by atoms with E-state index in [-0.39, 0.29) is 0 Å². The Bertz CT molecular complexity index is 1240. The maximum Gasteiger partial charge on any atom is 0.0430 e. The van der Waals surface area contributed by atoms with E-state index in [1.165, 1.54) is 43.9 Å². The number of hydrogen-bond donors (Lipinski definition) is 0. The zero-order valence-corrected chi connectivity index (χ0v) is 17.8. The van der Waals surface area contributed by atoms with Gasteiger partial charge in [-0.15, -0.1) is 6.58 Å². The molecule has 1 nitrogen and oxygen atoms in total. The van der Waals surface area contributed by atoms with Crippen molar-refractivity contribution >= 4 is 27.1 Å². The second-order valence-corrected chi connectivity index (χ2v) is 8.18. The van der Waals surface area contributed by atoms with Gasteiger partial charge in [-0.3, -0.25) is 0 Å². The van der Waals surface area contributed by atoms with Crippen molar-refractivity contribution in [3.8, 4) is 0 Å². The summed E-state index contributed by atoms with van der Waals surface area (Å²) in [5.41, 5.74) is 5.42. The Labute approximate surface area is 184 Å². The van der Waals surface area contributed by atoms with Gasteiger partial charge in [-0.05, 0) is 63.2 Å². The predicted octanol–water partition coefficient (Wildman–Crippen LogP) is 7.74. The number of benzene rings is 4. The van der Waals surface area contributed by atoms with Gasteiger partial charge in [0.2, 0.25) is 0 Å². The van der Waals surface area contributed by atoms with Gasteiger partial charge in [0.15, 0.2) is 0 Å². The van der Waals surface area contributed by atoms with Crippen molar-refractivity contribution in [1.82, 2.24) is 4.90 Å². The van der Waals surface area contributed by atoms with Crippen LogP contribution in [-0.4, -0.2) is 11.4 Å². The van der Waals surface area contributed by atoms with E-state index < -0.39 is 0 Å². The lowest BCUT2D eigenvalue weighted by molar-refractivity contribution is 0.356. The van der Waals surface area contributed by atoms with Crippen LogP contribution in [0.2, 0.25) is 0 Å². The van der Waals surface area contributed by atoms with Gasteiger partial charge < -0.3 is 4.90 Å². The normalized spacial score (nSPS) is 13.9. The van der Waals surface area contributed by atoms with Crippen molar-refractivity contribution in [3.63, 3.8) is 0 Å². The molecule has 152 valence electrons. The molecule has 0 N–H and O–H groups in total. The monoisotopic (exact) mass is 401 g/mol. The van der Waals surface area contributed by atoms with Gasteiger partial charge in [0.05, 0.1) is 0 Å². The van der Waals surface area contributed by atoms with Crippen molar-refractivity contribution in [2.75, 3.05) is 6.54 Å². The molecule has 0 saturated heterocycles. The van der Waals surface area contributed by atoms with Crippen LogP contribution in [-0.2, 0) is 6.54 Å². The fourth-order valence-corrected chi connectivity index (χ4v) is 4.60. The lowest BCUT2D eigenvalue weighted by Crippen LogP contribution is -2.25. The first kappa shape index (κ1) is 19.4. The first-order valence-corrected chi connectivity index (χ1v) is 11.0. The van der Waals surface area contributed by atoms with Crippen molar-refractivity contribution in [2.45, 2.75) is 19.4 Å². The first-order valence-electron chi connectivity index (χ1n) is 11.0. The Balaban J connectivity index is 1.61. The molecule has 1 heterocycles. The summed E-state index contributed by atoms with van der Waals surface area (Å²) in [5, 5.41) is 5.24. The quantitative estimate of drug-likeness (QED) is 0.236. The second kappa shape index (κ2) is 8.65. The molecule has 5 rings (SSSR count). The highest BCUT2D eigenvalue weighted by Gasteiger charge is 2.18. The van der Waals surface area contributed by atoms with Crippen LogP contribution in [0.4, 0.5) is 0 Å². The summed E-state index contributed by atoms with van der Waals surface area (Å²) in [5.74, 6) is 0. The van der Waals surface area contributed by atoms with E-state index in [4.69, 9.17) is 0 Å². The van der Waals surface area contributed by atoms with Crippen LogP contribution in [0, 0.1) is 0 Å². The van der Waals surface area contributed by atoms with E-state index in [9.17, 15) is 0 Å². The molecular formula is C30H27N. The molecule has 0 amide bonds. The Morgan fingerprint density at radius 1 is 0.806 bits per heavy atom. The molecule has 0 aromatic heterocycles. The molecule has 0 saturated carbocycles. The lowest BCUT2D eigenvalue weighted by Gasteiger charge is -2.31. The van der Waals surface area contributed by atoms with Crippen LogP contribution >= 0.6 is 0 Å². The molecule has 0 spiro atoms. The summed E-state index contributed by atoms with van der Waals surface area (Å²) < 4.78 is 0. The summed E-state index contributed by atoms with van der Waals surface area (Å²) in [4.78, 5) is 2.50. The molecule has 1 heteroatoms. The molecule has 4 aromatic carbocycles. The predicted molar refractivity (Wildman–Crippen MR) is 134 cm³/mol. The molecule has 4 aromatic rings. The number of fused-ring (bicyclic) bond motifs is 2. The lowest BCUT2D eigenvalue weighted by atomic mass is 9.90. The highest BCUT2D eigenvalue weighted by molar-refractivity contribution is 6.10. The van der Waals surface area contributed by atoms with Gasteiger partial charge >= 0.3 is 0 Å². The van der Waals surface area contributed by atoms with Gasteiger partial charge in [-0.2, -0.15) is 0 Å². The van der Waals surface area contributed by atoms with Crippen molar-refractivity contribution in [3.05, 3.63) is 127 Å². The molecule has 0 aliphatic carbocycles. The van der Waals surface area contributed by atoms with Crippen molar-refractivity contribution in [1.29, 1.82) is 0 Å². The molecule has 31 heavy (non-hydrogen) atoms. The average molecular weight is 402 g/mol. The molecule has 0 atom stereocenters. The van der Waals surface area contributed by atoms with Gasteiger partial charge in [-0.1, -0.05) is 91.0 Å². The van der Waals surface area contributed by atoms with Crippen LogP contribution in [0.25, 0.3) is 27.1 Å². The smallest absolute Gasteiger partial charge is 0.0430 e. The first-order chi connectivity index (χ1) is 15.3. The third kappa shape index (κ3) is 3.92.